The van der Waals surface area contributed by atoms with Crippen molar-refractivity contribution in [3.05, 3.63) is 77.9 Å². The molecule has 6 rings (SSSR count). The zero-order valence-corrected chi connectivity index (χ0v) is 47.7. The molecule has 0 radical (unpaired) electrons. The molecule has 1 fully saturated rings. The van der Waals surface area contributed by atoms with Gasteiger partial charge in [-0.1, -0.05) is 6.07 Å². The summed E-state index contributed by atoms with van der Waals surface area (Å²) in [4.78, 5) is 103. The number of aromatic nitrogens is 3. The molecular formula is C52H72N12O18S2. The summed E-state index contributed by atoms with van der Waals surface area (Å²) in [5.41, 5.74) is 4.07. The SMILES string of the molecule is O=C(O)CN1CCN(CC(=O)O)CCN(CC(=O)NC(CS(=O)(=O)O)C(=O)N[C@@H](CS(=O)(=O)O)C(=O)NCCNC(=O)CCCOc2cncc(Cn3ccc4cc(OCCc5ccc6c(n5)NCCC6)ccc43)c2)CCN(CC(=O)O)CC1. The Morgan fingerprint density at radius 2 is 1.23 bits per heavy atom. The maximum absolute atomic E-state index is 13.5. The van der Waals surface area contributed by atoms with Crippen LogP contribution in [0.4, 0.5) is 5.82 Å². The fourth-order valence-corrected chi connectivity index (χ4v) is 10.6. The van der Waals surface area contributed by atoms with Crippen molar-refractivity contribution in [3.63, 3.8) is 0 Å². The summed E-state index contributed by atoms with van der Waals surface area (Å²) in [7, 11) is -10.1. The number of hydrogen-bond donors (Lipinski definition) is 10. The van der Waals surface area contributed by atoms with Crippen LogP contribution in [0.5, 0.6) is 11.5 Å². The van der Waals surface area contributed by atoms with Crippen molar-refractivity contribution >= 4 is 78.5 Å². The Balaban J connectivity index is 0.941. The van der Waals surface area contributed by atoms with Crippen molar-refractivity contribution < 1.29 is 84.3 Å². The van der Waals surface area contributed by atoms with Crippen LogP contribution in [0.3, 0.4) is 0 Å². The fourth-order valence-electron chi connectivity index (χ4n) is 9.32. The van der Waals surface area contributed by atoms with Crippen molar-refractivity contribution in [2.75, 3.05) is 128 Å². The number of benzene rings is 1. The van der Waals surface area contributed by atoms with Gasteiger partial charge >= 0.3 is 17.9 Å². The monoisotopic (exact) mass is 1220 g/mol. The number of rotatable bonds is 30. The van der Waals surface area contributed by atoms with E-state index >= 15 is 0 Å². The standard InChI is InChI=1S/C52H72N12O18S2/c65-45(4-2-23-81-41-25-36(27-53-28-41)29-64-14-9-38-26-40(7-8-44(38)64)82-24-10-39-6-5-37-3-1-11-55-50(37)57-39)54-12-13-56-51(73)42(34-83(75,76)77)59-52(74)43(35-84(78,79)80)58-46(66)30-60-15-17-61(31-47(67)68)19-21-63(33-49(71)72)22-20-62(18-16-60)32-48(69)70/h5-9,14,25-28,42-43H,1-4,10-13,15-24,29-35H2,(H,54,65)(H,55,57)(H,56,73)(H,58,66)(H,59,74)(H,67,68)(H,69,70)(H,71,72)(H,75,76,77)(H,78,79,80)/t42-,43?/m0/s1. The van der Waals surface area contributed by atoms with Gasteiger partial charge in [0.1, 0.15) is 40.9 Å². The molecule has 0 spiro atoms. The number of amides is 4. The van der Waals surface area contributed by atoms with Gasteiger partial charge in [0.15, 0.2) is 0 Å². The molecule has 84 heavy (non-hydrogen) atoms. The van der Waals surface area contributed by atoms with Crippen LogP contribution in [0.1, 0.15) is 36.1 Å². The summed E-state index contributed by atoms with van der Waals surface area (Å²) >= 11 is 0. The number of aryl methyl sites for hydroxylation is 1. The molecule has 30 nitrogen and oxygen atoms in total. The number of carboxylic acids is 3. The lowest BCUT2D eigenvalue weighted by molar-refractivity contribution is -0.140. The predicted octanol–water partition coefficient (Wildman–Crippen LogP) is -1.93. The normalized spacial score (nSPS) is 15.9. The first kappa shape index (κ1) is 65.6. The molecule has 2 aliphatic rings. The Bertz CT molecular complexity index is 3140. The van der Waals surface area contributed by atoms with Gasteiger partial charge in [-0.25, -0.2) is 4.98 Å². The number of nitrogens with one attached hydrogen (secondary N) is 5. The van der Waals surface area contributed by atoms with Gasteiger partial charge in [-0.15, -0.1) is 0 Å². The highest BCUT2D eigenvalue weighted by Crippen LogP contribution is 2.25. The van der Waals surface area contributed by atoms with E-state index in [1.165, 1.54) is 25.2 Å². The molecule has 32 heteroatoms. The highest BCUT2D eigenvalue weighted by Gasteiger charge is 2.33. The lowest BCUT2D eigenvalue weighted by Crippen LogP contribution is -2.58. The molecule has 1 aromatic carbocycles. The Morgan fingerprint density at radius 1 is 0.643 bits per heavy atom. The summed E-state index contributed by atoms with van der Waals surface area (Å²) in [5.74, 6) is -8.39. The van der Waals surface area contributed by atoms with Crippen molar-refractivity contribution in [1.82, 2.24) is 55.4 Å². The first-order chi connectivity index (χ1) is 39.9. The van der Waals surface area contributed by atoms with Crippen LogP contribution in [0.25, 0.3) is 10.9 Å². The number of ether oxygens (including phenoxy) is 2. The number of anilines is 1. The van der Waals surface area contributed by atoms with E-state index in [2.05, 4.69) is 43.0 Å². The molecular weight excluding hydrogens is 1140 g/mol. The summed E-state index contributed by atoms with van der Waals surface area (Å²) in [6, 6.07) is 9.71. The average Bonchev–Trinajstić information content (AvgIpc) is 3.98. The Labute approximate surface area is 484 Å². The highest BCUT2D eigenvalue weighted by molar-refractivity contribution is 7.86. The zero-order valence-electron chi connectivity index (χ0n) is 46.1. The van der Waals surface area contributed by atoms with Crippen LogP contribution in [-0.4, -0.2) is 252 Å². The second-order valence-corrected chi connectivity index (χ2v) is 23.2. The lowest BCUT2D eigenvalue weighted by atomic mass is 10.1. The molecule has 4 amide bonds. The first-order valence-electron chi connectivity index (χ1n) is 27.0. The summed E-state index contributed by atoms with van der Waals surface area (Å²) in [5, 5.41) is 41.8. The van der Waals surface area contributed by atoms with E-state index in [1.54, 1.807) is 12.4 Å². The minimum Gasteiger partial charge on any atom is -0.493 e. The van der Waals surface area contributed by atoms with E-state index in [0.29, 0.717) is 25.3 Å². The smallest absolute Gasteiger partial charge is 0.317 e. The van der Waals surface area contributed by atoms with E-state index in [1.807, 2.05) is 41.8 Å². The molecule has 2 atom stereocenters. The van der Waals surface area contributed by atoms with Gasteiger partial charge in [-0.05, 0) is 66.8 Å². The number of carboxylic acid groups (broad SMARTS) is 3. The molecule has 0 aliphatic carbocycles. The molecule has 5 heterocycles. The zero-order chi connectivity index (χ0) is 60.8. The molecule has 1 unspecified atom stereocenters. The largest absolute Gasteiger partial charge is 0.493 e. The fraction of sp³-hybridized carbons (Fsp3) is 0.519. The predicted molar refractivity (Wildman–Crippen MR) is 302 cm³/mol. The maximum Gasteiger partial charge on any atom is 0.317 e. The molecule has 3 aromatic heterocycles. The summed E-state index contributed by atoms with van der Waals surface area (Å²) in [6.07, 6.45) is 8.35. The van der Waals surface area contributed by atoms with Gasteiger partial charge in [0.05, 0.1) is 45.6 Å². The second-order valence-electron chi connectivity index (χ2n) is 20.2. The molecule has 0 saturated carbocycles. The number of pyridine rings is 2. The topological polar surface area (TPSA) is 411 Å². The number of hydrogen-bond acceptors (Lipinski definition) is 20. The first-order valence-corrected chi connectivity index (χ1v) is 30.3. The summed E-state index contributed by atoms with van der Waals surface area (Å²) in [6.45, 7) is -0.147. The van der Waals surface area contributed by atoms with Crippen molar-refractivity contribution in [1.29, 1.82) is 0 Å². The minimum atomic E-state index is -5.07. The molecule has 1 saturated heterocycles. The third kappa shape index (κ3) is 23.6. The molecule has 10 N–H and O–H groups in total. The Kier molecular flexibility index (Phi) is 24.9. The van der Waals surface area contributed by atoms with Gasteiger partial charge < -0.3 is 55.9 Å². The summed E-state index contributed by atoms with van der Waals surface area (Å²) < 4.78 is 81.4. The average molecular weight is 1220 g/mol. The van der Waals surface area contributed by atoms with E-state index in [4.69, 9.17) is 14.5 Å². The van der Waals surface area contributed by atoms with Gasteiger partial charge in [0.2, 0.25) is 23.6 Å². The molecule has 2 aliphatic heterocycles. The van der Waals surface area contributed by atoms with Crippen LogP contribution in [-0.2, 0) is 73.2 Å². The second kappa shape index (κ2) is 31.9. The van der Waals surface area contributed by atoms with Crippen LogP contribution in [0.15, 0.2) is 61.1 Å². The van der Waals surface area contributed by atoms with E-state index < -0.39 is 112 Å². The third-order valence-electron chi connectivity index (χ3n) is 13.4. The van der Waals surface area contributed by atoms with Crippen molar-refractivity contribution in [3.8, 4) is 11.5 Å². The van der Waals surface area contributed by atoms with Crippen LogP contribution >= 0.6 is 0 Å². The number of carbonyl (C=O) groups excluding carboxylic acids is 4. The van der Waals surface area contributed by atoms with Gasteiger partial charge in [0, 0.05) is 120 Å². The van der Waals surface area contributed by atoms with Crippen LogP contribution in [0.2, 0.25) is 0 Å². The lowest BCUT2D eigenvalue weighted by Gasteiger charge is -2.33. The van der Waals surface area contributed by atoms with E-state index in [9.17, 15) is 74.8 Å². The van der Waals surface area contributed by atoms with Gasteiger partial charge in [-0.3, -0.25) is 67.3 Å². The number of aliphatic carboxylic acids is 3. The van der Waals surface area contributed by atoms with Crippen LogP contribution in [0, 0.1) is 0 Å². The highest BCUT2D eigenvalue weighted by atomic mass is 32.2. The number of nitrogens with zero attached hydrogens (tertiary/aromatic N) is 7. The number of carbonyl (C=O) groups is 7. The maximum atomic E-state index is 13.5. The van der Waals surface area contributed by atoms with Crippen LogP contribution < -0.4 is 36.1 Å². The van der Waals surface area contributed by atoms with Crippen molar-refractivity contribution in [2.24, 2.45) is 0 Å². The van der Waals surface area contributed by atoms with Gasteiger partial charge in [-0.2, -0.15) is 16.8 Å². The quantitative estimate of drug-likeness (QED) is 0.0201. The molecule has 4 aromatic rings. The van der Waals surface area contributed by atoms with Crippen molar-refractivity contribution in [2.45, 2.75) is 50.7 Å². The molecule has 0 bridgehead atoms. The minimum absolute atomic E-state index is 0.00356. The Hall–Kier alpha value is -7.59. The van der Waals surface area contributed by atoms with E-state index in [-0.39, 0.29) is 84.9 Å². The van der Waals surface area contributed by atoms with E-state index in [0.717, 1.165) is 53.1 Å². The number of fused-ring (bicyclic) bond motifs is 2. The molecule has 460 valence electrons. The van der Waals surface area contributed by atoms with Gasteiger partial charge in [0.25, 0.3) is 20.2 Å². The Morgan fingerprint density at radius 3 is 1.83 bits per heavy atom. The third-order valence-corrected chi connectivity index (χ3v) is 14.9.